The van der Waals surface area contributed by atoms with Gasteiger partial charge in [-0.25, -0.2) is 0 Å². The van der Waals surface area contributed by atoms with Crippen molar-refractivity contribution in [2.24, 2.45) is 5.41 Å². The van der Waals surface area contributed by atoms with Crippen LogP contribution in [-0.2, 0) is 0 Å². The van der Waals surface area contributed by atoms with Gasteiger partial charge in [0.1, 0.15) is 5.75 Å². The van der Waals surface area contributed by atoms with E-state index in [4.69, 9.17) is 0 Å². The van der Waals surface area contributed by atoms with Gasteiger partial charge in [-0.15, -0.1) is 0 Å². The Balaban J connectivity index is 2.53. The minimum absolute atomic E-state index is 0.352. The highest BCUT2D eigenvalue weighted by molar-refractivity contribution is 5.27. The summed E-state index contributed by atoms with van der Waals surface area (Å²) in [6.45, 7) is 9.18. The monoisotopic (exact) mass is 220 g/mol. The second kappa shape index (κ2) is 5.38. The zero-order chi connectivity index (χ0) is 12.2. The Morgan fingerprint density at radius 3 is 2.25 bits per heavy atom. The molecule has 90 valence electrons. The maximum Gasteiger partial charge on any atom is 0.115 e. The lowest BCUT2D eigenvalue weighted by molar-refractivity contribution is 0.304. The molecule has 1 aromatic rings. The van der Waals surface area contributed by atoms with Crippen LogP contribution in [-0.4, -0.2) is 5.11 Å². The minimum Gasteiger partial charge on any atom is -0.508 e. The van der Waals surface area contributed by atoms with E-state index in [2.05, 4.69) is 27.7 Å². The van der Waals surface area contributed by atoms with Crippen LogP contribution in [0.5, 0.6) is 5.75 Å². The summed E-state index contributed by atoms with van der Waals surface area (Å²) in [5.41, 5.74) is 1.77. The Morgan fingerprint density at radius 2 is 1.75 bits per heavy atom. The van der Waals surface area contributed by atoms with Crippen LogP contribution in [0.25, 0.3) is 0 Å². The SMILES string of the molecule is CCC(C)(C)CCC(C)c1ccc(O)cc1. The number of aromatic hydroxyl groups is 1. The van der Waals surface area contributed by atoms with Crippen molar-refractivity contribution in [3.8, 4) is 5.75 Å². The molecule has 0 bridgehead atoms. The molecule has 0 fully saturated rings. The van der Waals surface area contributed by atoms with Crippen molar-refractivity contribution in [2.75, 3.05) is 0 Å². The van der Waals surface area contributed by atoms with E-state index in [9.17, 15) is 5.11 Å². The summed E-state index contributed by atoms with van der Waals surface area (Å²) in [4.78, 5) is 0. The highest BCUT2D eigenvalue weighted by Crippen LogP contribution is 2.31. The topological polar surface area (TPSA) is 20.2 Å². The molecule has 1 aromatic carbocycles. The number of hydrogen-bond acceptors (Lipinski definition) is 1. The smallest absolute Gasteiger partial charge is 0.115 e. The molecule has 1 unspecified atom stereocenters. The molecule has 1 atom stereocenters. The second-order valence-electron chi connectivity index (χ2n) is 5.55. The fourth-order valence-corrected chi connectivity index (χ4v) is 1.75. The van der Waals surface area contributed by atoms with Gasteiger partial charge in [-0.2, -0.15) is 0 Å². The molecule has 1 N–H and O–H groups in total. The van der Waals surface area contributed by atoms with Crippen molar-refractivity contribution in [3.63, 3.8) is 0 Å². The van der Waals surface area contributed by atoms with Gasteiger partial charge >= 0.3 is 0 Å². The zero-order valence-corrected chi connectivity index (χ0v) is 11.0. The molecule has 0 spiro atoms. The molecule has 1 rings (SSSR count). The van der Waals surface area contributed by atoms with Crippen LogP contribution in [0.2, 0.25) is 0 Å². The van der Waals surface area contributed by atoms with Gasteiger partial charge in [0, 0.05) is 0 Å². The molecule has 0 heterocycles. The summed E-state index contributed by atoms with van der Waals surface area (Å²) in [5.74, 6) is 0.927. The van der Waals surface area contributed by atoms with E-state index >= 15 is 0 Å². The first kappa shape index (κ1) is 13.1. The molecule has 16 heavy (non-hydrogen) atoms. The van der Waals surface area contributed by atoms with Gasteiger partial charge in [0.15, 0.2) is 0 Å². The number of phenolic OH excluding ortho intramolecular Hbond substituents is 1. The normalized spacial score (nSPS) is 13.8. The standard InChI is InChI=1S/C15H24O/c1-5-15(3,4)11-10-12(2)13-6-8-14(16)9-7-13/h6-9,12,16H,5,10-11H2,1-4H3. The average molecular weight is 220 g/mol. The van der Waals surface area contributed by atoms with E-state index < -0.39 is 0 Å². The van der Waals surface area contributed by atoms with Crippen molar-refractivity contribution in [3.05, 3.63) is 29.8 Å². The maximum atomic E-state index is 9.24. The van der Waals surface area contributed by atoms with Gasteiger partial charge in [0.05, 0.1) is 0 Å². The van der Waals surface area contributed by atoms with Gasteiger partial charge in [0.25, 0.3) is 0 Å². The zero-order valence-electron chi connectivity index (χ0n) is 11.0. The lowest BCUT2D eigenvalue weighted by atomic mass is 9.81. The molecule has 0 saturated carbocycles. The van der Waals surface area contributed by atoms with Crippen molar-refractivity contribution in [2.45, 2.75) is 52.9 Å². The van der Waals surface area contributed by atoms with Crippen LogP contribution in [0.15, 0.2) is 24.3 Å². The molecule has 0 aliphatic carbocycles. The molecule has 0 aliphatic heterocycles. The van der Waals surface area contributed by atoms with Crippen molar-refractivity contribution >= 4 is 0 Å². The van der Waals surface area contributed by atoms with Crippen LogP contribution in [0.1, 0.15) is 58.4 Å². The average Bonchev–Trinajstić information content (AvgIpc) is 2.27. The van der Waals surface area contributed by atoms with E-state index in [0.29, 0.717) is 17.1 Å². The van der Waals surface area contributed by atoms with Crippen LogP contribution in [0, 0.1) is 5.41 Å². The van der Waals surface area contributed by atoms with Gasteiger partial charge in [0.2, 0.25) is 0 Å². The molecule has 0 aromatic heterocycles. The Bertz CT molecular complexity index is 311. The first-order chi connectivity index (χ1) is 7.44. The van der Waals surface area contributed by atoms with E-state index in [1.54, 1.807) is 12.1 Å². The fraction of sp³-hybridized carbons (Fsp3) is 0.600. The lowest BCUT2D eigenvalue weighted by Gasteiger charge is -2.24. The van der Waals surface area contributed by atoms with E-state index in [-0.39, 0.29) is 0 Å². The number of hydrogen-bond donors (Lipinski definition) is 1. The molecule has 0 radical (unpaired) electrons. The van der Waals surface area contributed by atoms with Crippen LogP contribution in [0.3, 0.4) is 0 Å². The minimum atomic E-state index is 0.352. The first-order valence-corrected chi connectivity index (χ1v) is 6.23. The number of phenols is 1. The van der Waals surface area contributed by atoms with Crippen molar-refractivity contribution < 1.29 is 5.11 Å². The molecule has 0 amide bonds. The Kier molecular flexibility index (Phi) is 4.40. The number of rotatable bonds is 5. The van der Waals surface area contributed by atoms with Gasteiger partial charge in [-0.05, 0) is 41.9 Å². The summed E-state index contributed by atoms with van der Waals surface area (Å²) in [7, 11) is 0. The third kappa shape index (κ3) is 3.88. The van der Waals surface area contributed by atoms with E-state index in [1.807, 2.05) is 12.1 Å². The molecule has 1 nitrogen and oxygen atoms in total. The molecule has 1 heteroatoms. The Hall–Kier alpha value is -0.980. The van der Waals surface area contributed by atoms with Gasteiger partial charge in [-0.1, -0.05) is 46.2 Å². The summed E-state index contributed by atoms with van der Waals surface area (Å²) in [6.07, 6.45) is 3.70. The summed E-state index contributed by atoms with van der Waals surface area (Å²) < 4.78 is 0. The van der Waals surface area contributed by atoms with Crippen LogP contribution < -0.4 is 0 Å². The molecule has 0 aliphatic rings. The highest BCUT2D eigenvalue weighted by atomic mass is 16.3. The quantitative estimate of drug-likeness (QED) is 0.761. The summed E-state index contributed by atoms with van der Waals surface area (Å²) >= 11 is 0. The third-order valence-corrected chi connectivity index (χ3v) is 3.67. The van der Waals surface area contributed by atoms with E-state index in [1.165, 1.54) is 24.8 Å². The second-order valence-corrected chi connectivity index (χ2v) is 5.55. The predicted octanol–water partition coefficient (Wildman–Crippen LogP) is 4.71. The summed E-state index contributed by atoms with van der Waals surface area (Å²) in [5, 5.41) is 9.24. The van der Waals surface area contributed by atoms with Gasteiger partial charge < -0.3 is 5.11 Å². The highest BCUT2D eigenvalue weighted by Gasteiger charge is 2.16. The molecular weight excluding hydrogens is 196 g/mol. The van der Waals surface area contributed by atoms with Gasteiger partial charge in [-0.3, -0.25) is 0 Å². The summed E-state index contributed by atoms with van der Waals surface area (Å²) in [6, 6.07) is 7.60. The maximum absolute atomic E-state index is 9.24. The molecule has 0 saturated heterocycles. The van der Waals surface area contributed by atoms with Crippen molar-refractivity contribution in [1.29, 1.82) is 0 Å². The lowest BCUT2D eigenvalue weighted by Crippen LogP contribution is -2.10. The number of benzene rings is 1. The van der Waals surface area contributed by atoms with E-state index in [0.717, 1.165) is 0 Å². The Labute approximate surface area is 99.5 Å². The Morgan fingerprint density at radius 1 is 1.19 bits per heavy atom. The molecular formula is C15H24O. The first-order valence-electron chi connectivity index (χ1n) is 6.23. The predicted molar refractivity (Wildman–Crippen MR) is 69.8 cm³/mol. The fourth-order valence-electron chi connectivity index (χ4n) is 1.75. The largest absolute Gasteiger partial charge is 0.508 e. The van der Waals surface area contributed by atoms with Crippen LogP contribution in [0.4, 0.5) is 0 Å². The van der Waals surface area contributed by atoms with Crippen LogP contribution >= 0.6 is 0 Å². The van der Waals surface area contributed by atoms with Crippen molar-refractivity contribution in [1.82, 2.24) is 0 Å². The third-order valence-electron chi connectivity index (χ3n) is 3.67.